The Morgan fingerprint density at radius 1 is 1.39 bits per heavy atom. The molecule has 0 aromatic carbocycles. The molecule has 2 N–H and O–H groups in total. The third-order valence-electron chi connectivity index (χ3n) is 5.16. The smallest absolute Gasteiger partial charge is 0.475 e. The zero-order valence-electron chi connectivity index (χ0n) is 17.3. The number of aromatic nitrogens is 4. The molecule has 0 aliphatic carbocycles. The van der Waals surface area contributed by atoms with Gasteiger partial charge in [0.1, 0.15) is 5.82 Å². The van der Waals surface area contributed by atoms with Crippen LogP contribution < -0.4 is 5.32 Å². The molecule has 0 bridgehead atoms. The first-order valence-corrected chi connectivity index (χ1v) is 9.75. The average Bonchev–Trinajstić information content (AvgIpc) is 3.39. The molecule has 2 unspecified atom stereocenters. The molecule has 4 heterocycles. The number of halogens is 3. The van der Waals surface area contributed by atoms with Gasteiger partial charge >= 0.3 is 12.1 Å². The van der Waals surface area contributed by atoms with Crippen LogP contribution in [0.4, 0.5) is 19.0 Å². The van der Waals surface area contributed by atoms with Gasteiger partial charge in [-0.2, -0.15) is 23.4 Å². The zero-order valence-corrected chi connectivity index (χ0v) is 17.3. The van der Waals surface area contributed by atoms with Gasteiger partial charge < -0.3 is 15.2 Å². The van der Waals surface area contributed by atoms with Crippen molar-refractivity contribution in [3.8, 4) is 0 Å². The zero-order chi connectivity index (χ0) is 22.6. The maximum absolute atomic E-state index is 10.6. The van der Waals surface area contributed by atoms with Crippen LogP contribution in [0.1, 0.15) is 24.1 Å². The molecule has 2 aliphatic rings. The molecule has 9 nitrogen and oxygen atoms in total. The van der Waals surface area contributed by atoms with Crippen molar-refractivity contribution in [3.05, 3.63) is 35.8 Å². The molecule has 2 saturated heterocycles. The van der Waals surface area contributed by atoms with Crippen molar-refractivity contribution >= 4 is 11.8 Å². The van der Waals surface area contributed by atoms with Gasteiger partial charge in [-0.3, -0.25) is 9.58 Å². The maximum Gasteiger partial charge on any atom is 0.490 e. The number of aliphatic carboxylic acids is 1. The van der Waals surface area contributed by atoms with Gasteiger partial charge in [-0.25, -0.2) is 4.79 Å². The molecule has 2 aromatic heterocycles. The fourth-order valence-electron chi connectivity index (χ4n) is 3.78. The summed E-state index contributed by atoms with van der Waals surface area (Å²) in [5.41, 5.74) is 2.18. The summed E-state index contributed by atoms with van der Waals surface area (Å²) in [6.45, 7) is 5.68. The Morgan fingerprint density at radius 3 is 2.71 bits per heavy atom. The van der Waals surface area contributed by atoms with E-state index in [2.05, 4.69) is 31.7 Å². The molecular weight excluding hydrogens is 417 g/mol. The number of likely N-dealkylation sites (tertiary alicyclic amines) is 1. The van der Waals surface area contributed by atoms with E-state index in [1.54, 1.807) is 0 Å². The summed E-state index contributed by atoms with van der Waals surface area (Å²) in [7, 11) is 1.96. The number of hydrogen-bond donors (Lipinski definition) is 2. The molecular formula is C19H25F3N6O3. The Morgan fingerprint density at radius 2 is 2.13 bits per heavy atom. The van der Waals surface area contributed by atoms with Gasteiger partial charge in [0.2, 0.25) is 0 Å². The molecule has 31 heavy (non-hydrogen) atoms. The van der Waals surface area contributed by atoms with E-state index >= 15 is 0 Å². The lowest BCUT2D eigenvalue weighted by Gasteiger charge is -2.23. The summed E-state index contributed by atoms with van der Waals surface area (Å²) in [5, 5.41) is 23.1. The van der Waals surface area contributed by atoms with Crippen molar-refractivity contribution in [3.63, 3.8) is 0 Å². The quantitative estimate of drug-likeness (QED) is 0.741. The van der Waals surface area contributed by atoms with E-state index in [0.717, 1.165) is 50.6 Å². The van der Waals surface area contributed by atoms with Crippen molar-refractivity contribution in [2.75, 3.05) is 25.0 Å². The van der Waals surface area contributed by atoms with Crippen LogP contribution in [-0.2, 0) is 23.1 Å². The van der Waals surface area contributed by atoms with Gasteiger partial charge in [0.25, 0.3) is 0 Å². The average molecular weight is 442 g/mol. The molecule has 2 aliphatic heterocycles. The first-order valence-electron chi connectivity index (χ1n) is 9.75. The standard InChI is InChI=1S/C17H24N6O.C2HF3O2/c1-13-3-4-16(21-20-13)19-15-7-17(24-11-15)5-6-23(12-17)10-14-8-18-22(2)9-14;3-2(4,5)1(6)7/h3-4,8-9,15H,5-7,10-12H2,1-2H3,(H,19,21);(H,6,7). The van der Waals surface area contributed by atoms with Crippen LogP contribution in [0.15, 0.2) is 24.5 Å². The van der Waals surface area contributed by atoms with Crippen LogP contribution in [0.25, 0.3) is 0 Å². The maximum atomic E-state index is 10.6. The van der Waals surface area contributed by atoms with E-state index in [0.29, 0.717) is 6.04 Å². The van der Waals surface area contributed by atoms with Crippen molar-refractivity contribution < 1.29 is 27.8 Å². The summed E-state index contributed by atoms with van der Waals surface area (Å²) in [4.78, 5) is 11.4. The number of anilines is 1. The highest BCUT2D eigenvalue weighted by Gasteiger charge is 2.45. The number of aryl methyl sites for hydroxylation is 2. The normalized spacial score (nSPS) is 23.6. The third-order valence-corrected chi connectivity index (χ3v) is 5.16. The number of nitrogens with one attached hydrogen (secondary N) is 1. The second kappa shape index (κ2) is 9.18. The predicted octanol–water partition coefficient (Wildman–Crippen LogP) is 2.00. The molecule has 1 spiro atoms. The largest absolute Gasteiger partial charge is 0.490 e. The Hall–Kier alpha value is -2.73. The van der Waals surface area contributed by atoms with E-state index in [1.165, 1.54) is 5.56 Å². The number of carbonyl (C=O) groups is 1. The molecule has 0 amide bonds. The summed E-state index contributed by atoms with van der Waals surface area (Å²) in [6.07, 6.45) is 1.05. The van der Waals surface area contributed by atoms with Crippen LogP contribution in [0.2, 0.25) is 0 Å². The van der Waals surface area contributed by atoms with Crippen molar-refractivity contribution in [2.45, 2.75) is 44.1 Å². The number of alkyl halides is 3. The van der Waals surface area contributed by atoms with Gasteiger partial charge in [-0.1, -0.05) is 0 Å². The minimum atomic E-state index is -5.08. The highest BCUT2D eigenvalue weighted by Crippen LogP contribution is 2.36. The summed E-state index contributed by atoms with van der Waals surface area (Å²) < 4.78 is 39.8. The van der Waals surface area contributed by atoms with Crippen LogP contribution in [0, 0.1) is 6.92 Å². The number of carboxylic acids is 1. The molecule has 170 valence electrons. The monoisotopic (exact) mass is 442 g/mol. The lowest BCUT2D eigenvalue weighted by molar-refractivity contribution is -0.192. The molecule has 0 radical (unpaired) electrons. The molecule has 2 aromatic rings. The highest BCUT2D eigenvalue weighted by molar-refractivity contribution is 5.73. The summed E-state index contributed by atoms with van der Waals surface area (Å²) >= 11 is 0. The third kappa shape index (κ3) is 6.37. The van der Waals surface area contributed by atoms with E-state index < -0.39 is 12.1 Å². The van der Waals surface area contributed by atoms with Gasteiger partial charge in [-0.05, 0) is 25.5 Å². The Balaban J connectivity index is 0.000000339. The number of ether oxygens (including phenoxy) is 1. The predicted molar refractivity (Wildman–Crippen MR) is 104 cm³/mol. The van der Waals surface area contributed by atoms with Crippen LogP contribution in [0.5, 0.6) is 0 Å². The second-order valence-corrected chi connectivity index (χ2v) is 7.89. The van der Waals surface area contributed by atoms with Crippen molar-refractivity contribution in [1.29, 1.82) is 0 Å². The summed E-state index contributed by atoms with van der Waals surface area (Å²) in [6, 6.07) is 4.27. The minimum absolute atomic E-state index is 0.0159. The molecule has 2 fully saturated rings. The van der Waals surface area contributed by atoms with Crippen LogP contribution >= 0.6 is 0 Å². The second-order valence-electron chi connectivity index (χ2n) is 7.89. The van der Waals surface area contributed by atoms with Crippen molar-refractivity contribution in [1.82, 2.24) is 24.9 Å². The topological polar surface area (TPSA) is 105 Å². The Labute approximate surface area is 177 Å². The number of carboxylic acid groups (broad SMARTS) is 1. The minimum Gasteiger partial charge on any atom is -0.475 e. The van der Waals surface area contributed by atoms with Gasteiger partial charge in [0.05, 0.1) is 30.1 Å². The lowest BCUT2D eigenvalue weighted by Crippen LogP contribution is -2.33. The Bertz CT molecular complexity index is 889. The highest BCUT2D eigenvalue weighted by atomic mass is 19.4. The molecule has 4 rings (SSSR count). The van der Waals surface area contributed by atoms with E-state index in [4.69, 9.17) is 14.6 Å². The van der Waals surface area contributed by atoms with Crippen LogP contribution in [0.3, 0.4) is 0 Å². The first-order chi connectivity index (χ1) is 14.5. The van der Waals surface area contributed by atoms with Gasteiger partial charge in [0, 0.05) is 44.9 Å². The van der Waals surface area contributed by atoms with Crippen molar-refractivity contribution in [2.24, 2.45) is 7.05 Å². The Kier molecular flexibility index (Phi) is 6.80. The lowest BCUT2D eigenvalue weighted by atomic mass is 9.97. The van der Waals surface area contributed by atoms with Gasteiger partial charge in [-0.15, -0.1) is 5.10 Å². The molecule has 2 atom stereocenters. The number of hydrogen-bond acceptors (Lipinski definition) is 7. The van der Waals surface area contributed by atoms with E-state index in [9.17, 15) is 13.2 Å². The van der Waals surface area contributed by atoms with Gasteiger partial charge in [0.15, 0.2) is 0 Å². The van der Waals surface area contributed by atoms with E-state index in [1.807, 2.05) is 37.0 Å². The number of rotatable bonds is 4. The first kappa shape index (κ1) is 22.9. The fourth-order valence-corrected chi connectivity index (χ4v) is 3.78. The SMILES string of the molecule is Cc1ccc(NC2COC3(CCN(Cc4cnn(C)c4)C3)C2)nn1.O=C(O)C(F)(F)F. The summed E-state index contributed by atoms with van der Waals surface area (Å²) in [5.74, 6) is -1.93. The van der Waals surface area contributed by atoms with E-state index in [-0.39, 0.29) is 5.60 Å². The fraction of sp³-hybridized carbons (Fsp3) is 0.579. The molecule has 12 heteroatoms. The van der Waals surface area contributed by atoms with Crippen LogP contribution in [-0.4, -0.2) is 73.5 Å². The molecule has 0 saturated carbocycles. The number of nitrogens with zero attached hydrogens (tertiary/aromatic N) is 5.